The number of hydrogen-bond acceptors (Lipinski definition) is 4. The average Bonchev–Trinajstić information content (AvgIpc) is 2.29. The molecule has 0 saturated heterocycles. The number of nitrogens with one attached hydrogen (secondary N) is 1. The average molecular weight is 266 g/mol. The van der Waals surface area contributed by atoms with Crippen LogP contribution in [0.25, 0.3) is 0 Å². The molecule has 0 saturated carbocycles. The van der Waals surface area contributed by atoms with Gasteiger partial charge in [-0.1, -0.05) is 0 Å². The number of carbonyl (C=O) groups excluding carboxylic acids is 1. The minimum atomic E-state index is -0.475. The SMILES string of the molecule is COc1cnc(C)c(CCNC(=O)OC(C)(C)C)c1. The van der Waals surface area contributed by atoms with Crippen LogP contribution in [0.4, 0.5) is 4.79 Å². The second-order valence-electron chi connectivity index (χ2n) is 5.30. The highest BCUT2D eigenvalue weighted by Gasteiger charge is 2.15. The fraction of sp³-hybridized carbons (Fsp3) is 0.571. The molecule has 0 fully saturated rings. The van der Waals surface area contributed by atoms with Gasteiger partial charge in [0.2, 0.25) is 0 Å². The van der Waals surface area contributed by atoms with Crippen LogP contribution < -0.4 is 10.1 Å². The molecule has 0 unspecified atom stereocenters. The third-order valence-corrected chi connectivity index (χ3v) is 2.46. The summed E-state index contributed by atoms with van der Waals surface area (Å²) < 4.78 is 10.3. The minimum Gasteiger partial charge on any atom is -0.495 e. The first-order chi connectivity index (χ1) is 8.81. The summed E-state index contributed by atoms with van der Waals surface area (Å²) >= 11 is 0. The standard InChI is InChI=1S/C14H22N2O3/c1-10-11(8-12(18-5)9-16-10)6-7-15-13(17)19-14(2,3)4/h8-9H,6-7H2,1-5H3,(H,15,17). The second kappa shape index (κ2) is 6.41. The van der Waals surface area contributed by atoms with Crippen molar-refractivity contribution in [2.24, 2.45) is 0 Å². The maximum Gasteiger partial charge on any atom is 0.407 e. The molecule has 0 aliphatic rings. The van der Waals surface area contributed by atoms with Gasteiger partial charge in [-0.15, -0.1) is 0 Å². The predicted octanol–water partition coefficient (Wildman–Crippen LogP) is 2.47. The number of amides is 1. The van der Waals surface area contributed by atoms with E-state index in [0.717, 1.165) is 17.0 Å². The van der Waals surface area contributed by atoms with Crippen molar-refractivity contribution >= 4 is 6.09 Å². The van der Waals surface area contributed by atoms with E-state index in [1.165, 1.54) is 0 Å². The van der Waals surface area contributed by atoms with Crippen molar-refractivity contribution in [2.45, 2.75) is 39.7 Å². The van der Waals surface area contributed by atoms with Gasteiger partial charge in [0.25, 0.3) is 0 Å². The van der Waals surface area contributed by atoms with Crippen LogP contribution in [-0.2, 0) is 11.2 Å². The Kier molecular flexibility index (Phi) is 5.15. The quantitative estimate of drug-likeness (QED) is 0.909. The second-order valence-corrected chi connectivity index (χ2v) is 5.30. The Morgan fingerprint density at radius 2 is 2.11 bits per heavy atom. The molecule has 19 heavy (non-hydrogen) atoms. The van der Waals surface area contributed by atoms with E-state index in [1.807, 2.05) is 33.8 Å². The molecule has 1 aromatic rings. The van der Waals surface area contributed by atoms with Gasteiger partial charge < -0.3 is 14.8 Å². The molecule has 0 spiro atoms. The Bertz CT molecular complexity index is 439. The van der Waals surface area contributed by atoms with Gasteiger partial charge >= 0.3 is 6.09 Å². The summed E-state index contributed by atoms with van der Waals surface area (Å²) in [5.41, 5.74) is 1.51. The van der Waals surface area contributed by atoms with Crippen molar-refractivity contribution < 1.29 is 14.3 Å². The molecule has 0 aromatic carbocycles. The minimum absolute atomic E-state index is 0.402. The van der Waals surface area contributed by atoms with Crippen LogP contribution in [0.2, 0.25) is 0 Å². The third-order valence-electron chi connectivity index (χ3n) is 2.46. The Morgan fingerprint density at radius 3 is 2.68 bits per heavy atom. The maximum atomic E-state index is 11.5. The van der Waals surface area contributed by atoms with Crippen LogP contribution in [0.5, 0.6) is 5.75 Å². The van der Waals surface area contributed by atoms with Crippen molar-refractivity contribution in [3.63, 3.8) is 0 Å². The monoisotopic (exact) mass is 266 g/mol. The fourth-order valence-corrected chi connectivity index (χ4v) is 1.53. The van der Waals surface area contributed by atoms with Crippen LogP contribution in [0.15, 0.2) is 12.3 Å². The van der Waals surface area contributed by atoms with Gasteiger partial charge in [0.1, 0.15) is 11.4 Å². The van der Waals surface area contributed by atoms with Gasteiger partial charge in [0.15, 0.2) is 0 Å². The first-order valence-electron chi connectivity index (χ1n) is 6.28. The molecule has 0 aliphatic carbocycles. The molecule has 1 aromatic heterocycles. The first kappa shape index (κ1) is 15.3. The van der Waals surface area contributed by atoms with Gasteiger partial charge in [-0.25, -0.2) is 4.79 Å². The topological polar surface area (TPSA) is 60.5 Å². The summed E-state index contributed by atoms with van der Waals surface area (Å²) in [6, 6.07) is 1.93. The molecule has 1 heterocycles. The Hall–Kier alpha value is -1.78. The van der Waals surface area contributed by atoms with Crippen molar-refractivity contribution in [1.82, 2.24) is 10.3 Å². The van der Waals surface area contributed by atoms with E-state index in [1.54, 1.807) is 13.3 Å². The van der Waals surface area contributed by atoms with E-state index in [0.29, 0.717) is 13.0 Å². The van der Waals surface area contributed by atoms with Gasteiger partial charge in [0.05, 0.1) is 13.3 Å². The number of pyridine rings is 1. The number of carbonyl (C=O) groups is 1. The van der Waals surface area contributed by atoms with Crippen LogP contribution in [0, 0.1) is 6.92 Å². The highest BCUT2D eigenvalue weighted by atomic mass is 16.6. The first-order valence-corrected chi connectivity index (χ1v) is 6.28. The van der Waals surface area contributed by atoms with Crippen LogP contribution in [0.3, 0.4) is 0 Å². The number of hydrogen-bond donors (Lipinski definition) is 1. The highest BCUT2D eigenvalue weighted by molar-refractivity contribution is 5.67. The molecule has 5 nitrogen and oxygen atoms in total. The van der Waals surface area contributed by atoms with Crippen LogP contribution in [-0.4, -0.2) is 30.3 Å². The van der Waals surface area contributed by atoms with E-state index in [2.05, 4.69) is 10.3 Å². The van der Waals surface area contributed by atoms with E-state index >= 15 is 0 Å². The summed E-state index contributed by atoms with van der Waals surface area (Å²) in [7, 11) is 1.61. The van der Waals surface area contributed by atoms with Gasteiger partial charge in [-0.05, 0) is 45.7 Å². The molecule has 1 rings (SSSR count). The van der Waals surface area contributed by atoms with E-state index < -0.39 is 11.7 Å². The largest absolute Gasteiger partial charge is 0.495 e. The normalized spacial score (nSPS) is 11.0. The number of nitrogens with zero attached hydrogens (tertiary/aromatic N) is 1. The molecule has 0 bridgehead atoms. The number of aryl methyl sites for hydroxylation is 1. The summed E-state index contributed by atoms with van der Waals surface area (Å²) in [5, 5.41) is 2.72. The summed E-state index contributed by atoms with van der Waals surface area (Å²) in [6.45, 7) is 7.95. The van der Waals surface area contributed by atoms with Crippen molar-refractivity contribution in [3.8, 4) is 5.75 Å². The number of ether oxygens (including phenoxy) is 2. The maximum absolute atomic E-state index is 11.5. The van der Waals surface area contributed by atoms with Gasteiger partial charge in [-0.3, -0.25) is 4.98 Å². The summed E-state index contributed by atoms with van der Waals surface area (Å²) in [5.74, 6) is 0.720. The lowest BCUT2D eigenvalue weighted by Crippen LogP contribution is -2.33. The smallest absolute Gasteiger partial charge is 0.407 e. The molecule has 1 N–H and O–H groups in total. The zero-order valence-corrected chi connectivity index (χ0v) is 12.2. The molecular weight excluding hydrogens is 244 g/mol. The van der Waals surface area contributed by atoms with Crippen molar-refractivity contribution in [1.29, 1.82) is 0 Å². The molecule has 0 radical (unpaired) electrons. The van der Waals surface area contributed by atoms with E-state index in [9.17, 15) is 4.79 Å². The molecular formula is C14H22N2O3. The third kappa shape index (κ3) is 5.59. The lowest BCUT2D eigenvalue weighted by atomic mass is 10.1. The number of aromatic nitrogens is 1. The van der Waals surface area contributed by atoms with E-state index in [4.69, 9.17) is 9.47 Å². The predicted molar refractivity (Wildman–Crippen MR) is 73.5 cm³/mol. The Labute approximate surface area is 114 Å². The van der Waals surface area contributed by atoms with Crippen LogP contribution in [0.1, 0.15) is 32.0 Å². The molecule has 106 valence electrons. The lowest BCUT2D eigenvalue weighted by molar-refractivity contribution is 0.0528. The zero-order chi connectivity index (χ0) is 14.5. The highest BCUT2D eigenvalue weighted by Crippen LogP contribution is 2.14. The van der Waals surface area contributed by atoms with Gasteiger partial charge in [0, 0.05) is 12.2 Å². The van der Waals surface area contributed by atoms with Crippen LogP contribution >= 0.6 is 0 Å². The van der Waals surface area contributed by atoms with E-state index in [-0.39, 0.29) is 0 Å². The zero-order valence-electron chi connectivity index (χ0n) is 12.2. The fourth-order valence-electron chi connectivity index (χ4n) is 1.53. The molecule has 5 heteroatoms. The molecule has 0 aliphatic heterocycles. The van der Waals surface area contributed by atoms with Crippen molar-refractivity contribution in [3.05, 3.63) is 23.5 Å². The lowest BCUT2D eigenvalue weighted by Gasteiger charge is -2.19. The number of methoxy groups -OCH3 is 1. The molecule has 0 atom stereocenters. The summed E-state index contributed by atoms with van der Waals surface area (Å²) in [6.07, 6.45) is 1.97. The molecule has 1 amide bonds. The Morgan fingerprint density at radius 1 is 1.42 bits per heavy atom. The number of rotatable bonds is 4. The Balaban J connectivity index is 2.47. The summed E-state index contributed by atoms with van der Waals surface area (Å²) in [4.78, 5) is 15.7. The van der Waals surface area contributed by atoms with Crippen molar-refractivity contribution in [2.75, 3.05) is 13.7 Å². The van der Waals surface area contributed by atoms with Gasteiger partial charge in [-0.2, -0.15) is 0 Å². The number of alkyl carbamates (subject to hydrolysis) is 1.